The highest BCUT2D eigenvalue weighted by molar-refractivity contribution is 8.45. The molecule has 0 saturated carbocycles. The van der Waals surface area contributed by atoms with Gasteiger partial charge in [-0.25, -0.2) is 15.0 Å². The van der Waals surface area contributed by atoms with Gasteiger partial charge in [0.25, 0.3) is 0 Å². The molecule has 0 saturated heterocycles. The Kier molecular flexibility index (Phi) is 3.94. The van der Waals surface area contributed by atoms with Crippen LogP contribution in [0.1, 0.15) is 0 Å². The van der Waals surface area contributed by atoms with E-state index in [1.54, 1.807) is 18.2 Å². The molecule has 0 aliphatic carbocycles. The van der Waals surface area contributed by atoms with E-state index in [0.717, 1.165) is 12.1 Å². The highest BCUT2D eigenvalue weighted by Gasteiger charge is 2.65. The van der Waals surface area contributed by atoms with Gasteiger partial charge in [0.2, 0.25) is 0 Å². The number of nitrogens with one attached hydrogen (secondary N) is 1. The summed E-state index contributed by atoms with van der Waals surface area (Å²) in [6.45, 7) is 0. The Bertz CT molecular complexity index is 1260. The topological polar surface area (TPSA) is 89.6 Å². The molecular weight excluding hydrogens is 427 g/mol. The van der Waals surface area contributed by atoms with E-state index in [2.05, 4.69) is 25.3 Å². The lowest BCUT2D eigenvalue weighted by molar-refractivity contribution is 0.364. The van der Waals surface area contributed by atoms with Crippen molar-refractivity contribution in [3.63, 3.8) is 0 Å². The third kappa shape index (κ3) is 3.94. The van der Waals surface area contributed by atoms with Crippen molar-refractivity contribution >= 4 is 38.5 Å². The predicted octanol–water partition coefficient (Wildman–Crippen LogP) is 6.07. The van der Waals surface area contributed by atoms with Gasteiger partial charge in [0.1, 0.15) is 22.7 Å². The molecule has 0 amide bonds. The molecule has 2 aromatic heterocycles. The van der Waals surface area contributed by atoms with Crippen LogP contribution in [0.5, 0.6) is 0 Å². The molecule has 0 unspecified atom stereocenters. The number of nitrogen functional groups attached to an aromatic ring is 1. The number of hydrogen-bond donors (Lipinski definition) is 2. The fraction of sp³-hybridized carbons (Fsp3) is 0. The largest absolute Gasteiger partial charge is 0.383 e. The molecule has 0 radical (unpaired) electrons. The average molecular weight is 440 g/mol. The number of anilines is 3. The number of hydrogen-bond acceptors (Lipinski definition) is 6. The van der Waals surface area contributed by atoms with Gasteiger partial charge in [0.15, 0.2) is 5.82 Å². The molecule has 4 aromatic rings. The molecule has 0 spiro atoms. The Morgan fingerprint density at radius 3 is 2.20 bits per heavy atom. The van der Waals surface area contributed by atoms with Crippen molar-refractivity contribution in [1.29, 1.82) is 0 Å². The van der Waals surface area contributed by atoms with Crippen LogP contribution in [0.25, 0.3) is 22.2 Å². The fourth-order valence-corrected chi connectivity index (χ4v) is 3.45. The highest BCUT2D eigenvalue weighted by atomic mass is 32.5. The molecule has 6 nitrogen and oxygen atoms in total. The maximum absolute atomic E-state index is 12.9. The molecule has 3 N–H and O–H groups in total. The van der Waals surface area contributed by atoms with Gasteiger partial charge in [-0.15, -0.1) is 0 Å². The SMILES string of the molecule is Nc1ncnc2ccc(-c3nccnc3Nc3ccc(S(F)(F)(F)(F)F)cc3)cc12. The van der Waals surface area contributed by atoms with Gasteiger partial charge in [0.05, 0.1) is 5.52 Å². The molecule has 2 aromatic carbocycles. The van der Waals surface area contributed by atoms with Crippen molar-refractivity contribution in [2.24, 2.45) is 0 Å². The lowest BCUT2D eigenvalue weighted by Gasteiger charge is -2.40. The summed E-state index contributed by atoms with van der Waals surface area (Å²) in [5, 5.41) is 3.39. The minimum Gasteiger partial charge on any atom is -0.383 e. The number of halogens is 5. The summed E-state index contributed by atoms with van der Waals surface area (Å²) in [7, 11) is -9.73. The van der Waals surface area contributed by atoms with Gasteiger partial charge in [-0.3, -0.25) is 4.98 Å². The molecule has 0 atom stereocenters. The number of rotatable bonds is 4. The quantitative estimate of drug-likeness (QED) is 0.375. The minimum atomic E-state index is -9.73. The Labute approximate surface area is 166 Å². The molecule has 2 heterocycles. The highest BCUT2D eigenvalue weighted by Crippen LogP contribution is 3.02. The van der Waals surface area contributed by atoms with Gasteiger partial charge in [-0.05, 0) is 36.4 Å². The third-order valence-corrected chi connectivity index (χ3v) is 5.36. The van der Waals surface area contributed by atoms with E-state index in [1.807, 2.05) is 0 Å². The zero-order valence-electron chi connectivity index (χ0n) is 14.9. The Morgan fingerprint density at radius 1 is 0.800 bits per heavy atom. The van der Waals surface area contributed by atoms with Gasteiger partial charge < -0.3 is 11.1 Å². The summed E-state index contributed by atoms with van der Waals surface area (Å²) in [5.74, 6) is 0.485. The van der Waals surface area contributed by atoms with E-state index in [4.69, 9.17) is 5.73 Å². The summed E-state index contributed by atoms with van der Waals surface area (Å²) in [6.07, 6.45) is 4.16. The molecule has 0 aliphatic rings. The summed E-state index contributed by atoms with van der Waals surface area (Å²) in [5.41, 5.74) is 7.61. The number of benzene rings is 2. The zero-order valence-corrected chi connectivity index (χ0v) is 15.8. The number of aromatic nitrogens is 4. The molecule has 0 bridgehead atoms. The van der Waals surface area contributed by atoms with Crippen molar-refractivity contribution in [1.82, 2.24) is 19.9 Å². The standard InChI is InChI=1S/C18H13F5N6S/c19-30(20,21,22,23)13-4-2-12(3-5-13)29-18-16(25-7-8-26-18)11-1-6-15-14(9-11)17(24)28-10-27-15/h1-10H,(H,26,29)(H2,24,27,28). The van der Waals surface area contributed by atoms with Crippen LogP contribution in [0.3, 0.4) is 0 Å². The second-order valence-corrected chi connectivity index (χ2v) is 8.77. The molecule has 156 valence electrons. The van der Waals surface area contributed by atoms with Gasteiger partial charge in [-0.2, -0.15) is 0 Å². The summed E-state index contributed by atoms with van der Waals surface area (Å²) < 4.78 is 64.4. The Balaban J connectivity index is 1.71. The smallest absolute Gasteiger partial charge is 0.310 e. The number of nitrogens with two attached hydrogens (primary N) is 1. The molecule has 0 aliphatic heterocycles. The van der Waals surface area contributed by atoms with Crippen LogP contribution in [0, 0.1) is 0 Å². The van der Waals surface area contributed by atoms with Crippen LogP contribution in [0.15, 0.2) is 66.1 Å². The van der Waals surface area contributed by atoms with E-state index in [9.17, 15) is 19.4 Å². The van der Waals surface area contributed by atoms with Gasteiger partial charge in [0, 0.05) is 29.0 Å². The summed E-state index contributed by atoms with van der Waals surface area (Å²) in [4.78, 5) is 14.5. The molecule has 30 heavy (non-hydrogen) atoms. The Morgan fingerprint density at radius 2 is 1.50 bits per heavy atom. The monoisotopic (exact) mass is 440 g/mol. The predicted molar refractivity (Wildman–Crippen MR) is 106 cm³/mol. The van der Waals surface area contributed by atoms with Crippen LogP contribution in [0.4, 0.5) is 36.8 Å². The molecular formula is C18H13F5N6S. The Hall–Kier alpha value is -3.54. The van der Waals surface area contributed by atoms with E-state index < -0.39 is 15.1 Å². The summed E-state index contributed by atoms with van der Waals surface area (Å²) in [6, 6.07) is 7.60. The van der Waals surface area contributed by atoms with E-state index in [0.29, 0.717) is 34.3 Å². The molecule has 12 heteroatoms. The van der Waals surface area contributed by atoms with Crippen LogP contribution in [0.2, 0.25) is 0 Å². The van der Waals surface area contributed by atoms with Gasteiger partial charge >= 0.3 is 10.2 Å². The van der Waals surface area contributed by atoms with Crippen LogP contribution in [-0.4, -0.2) is 19.9 Å². The van der Waals surface area contributed by atoms with Crippen molar-refractivity contribution in [3.05, 3.63) is 61.2 Å². The zero-order chi connectivity index (χ0) is 21.6. The first kappa shape index (κ1) is 19.8. The van der Waals surface area contributed by atoms with Crippen LogP contribution >= 0.6 is 10.2 Å². The van der Waals surface area contributed by atoms with Crippen molar-refractivity contribution in [2.75, 3.05) is 11.1 Å². The van der Waals surface area contributed by atoms with Crippen LogP contribution < -0.4 is 11.1 Å². The van der Waals surface area contributed by atoms with Crippen molar-refractivity contribution in [3.8, 4) is 11.3 Å². The van der Waals surface area contributed by atoms with Crippen LogP contribution in [-0.2, 0) is 0 Å². The van der Waals surface area contributed by atoms with E-state index in [1.165, 1.54) is 18.7 Å². The first-order chi connectivity index (χ1) is 13.9. The number of fused-ring (bicyclic) bond motifs is 1. The second-order valence-electron chi connectivity index (χ2n) is 6.36. The third-order valence-electron chi connectivity index (χ3n) is 4.20. The molecule has 4 rings (SSSR count). The van der Waals surface area contributed by atoms with E-state index >= 15 is 0 Å². The maximum atomic E-state index is 12.9. The van der Waals surface area contributed by atoms with E-state index in [-0.39, 0.29) is 17.3 Å². The number of nitrogens with zero attached hydrogens (tertiary/aromatic N) is 4. The first-order valence-electron chi connectivity index (χ1n) is 8.33. The first-order valence-corrected chi connectivity index (χ1v) is 10.3. The second kappa shape index (κ2) is 5.98. The van der Waals surface area contributed by atoms with Gasteiger partial charge in [-0.1, -0.05) is 25.5 Å². The normalized spacial score (nSPS) is 14.2. The minimum absolute atomic E-state index is 0.131. The lowest BCUT2D eigenvalue weighted by atomic mass is 10.1. The maximum Gasteiger partial charge on any atom is 0.310 e. The fourth-order valence-electron chi connectivity index (χ4n) is 2.80. The van der Waals surface area contributed by atoms with Crippen molar-refractivity contribution < 1.29 is 19.4 Å². The lowest BCUT2D eigenvalue weighted by Crippen LogP contribution is -2.06. The molecule has 0 fully saturated rings. The average Bonchev–Trinajstić information content (AvgIpc) is 2.67. The summed E-state index contributed by atoms with van der Waals surface area (Å²) >= 11 is 0. The van der Waals surface area contributed by atoms with Crippen molar-refractivity contribution in [2.45, 2.75) is 4.90 Å².